The van der Waals surface area contributed by atoms with Crippen LogP contribution in [0, 0.1) is 6.10 Å². The normalized spacial score (nSPS) is 18.1. The maximum absolute atomic E-state index is 5.64. The molecule has 0 spiro atoms. The molecule has 1 aliphatic rings. The summed E-state index contributed by atoms with van der Waals surface area (Å²) in [6.45, 7) is 0.841. The third kappa shape index (κ3) is 1.90. The van der Waals surface area contributed by atoms with Crippen LogP contribution in [0.15, 0.2) is 24.3 Å². The summed E-state index contributed by atoms with van der Waals surface area (Å²) >= 11 is 0. The van der Waals surface area contributed by atoms with Crippen LogP contribution in [0.1, 0.15) is 24.8 Å². The van der Waals surface area contributed by atoms with Gasteiger partial charge in [0.1, 0.15) is 11.9 Å². The van der Waals surface area contributed by atoms with Gasteiger partial charge in [-0.25, -0.2) is 0 Å². The van der Waals surface area contributed by atoms with Gasteiger partial charge in [-0.3, -0.25) is 0 Å². The average Bonchev–Trinajstić information content (AvgIpc) is 2.30. The molecule has 75 valence electrons. The first-order valence-electron chi connectivity index (χ1n) is 5.04. The van der Waals surface area contributed by atoms with Crippen molar-refractivity contribution in [3.05, 3.63) is 35.9 Å². The van der Waals surface area contributed by atoms with Crippen LogP contribution in [0.3, 0.4) is 0 Å². The minimum absolute atomic E-state index is 0.841. The smallest absolute Gasteiger partial charge is 0.130 e. The highest BCUT2D eigenvalue weighted by Gasteiger charge is 2.20. The number of hydrogen-bond donors (Lipinski definition) is 0. The highest BCUT2D eigenvalue weighted by Crippen LogP contribution is 2.32. The molecule has 1 heterocycles. The zero-order valence-corrected chi connectivity index (χ0v) is 8.45. The molecule has 1 saturated heterocycles. The molecule has 0 N–H and O–H groups in total. The third-order valence-electron chi connectivity index (χ3n) is 2.48. The number of benzene rings is 1. The van der Waals surface area contributed by atoms with Gasteiger partial charge >= 0.3 is 0 Å². The van der Waals surface area contributed by atoms with Crippen LogP contribution in [0.4, 0.5) is 0 Å². The second-order valence-electron chi connectivity index (χ2n) is 3.43. The highest BCUT2D eigenvalue weighted by atomic mass is 16.5. The molecule has 2 heteroatoms. The van der Waals surface area contributed by atoms with Crippen LogP contribution in [-0.4, -0.2) is 13.7 Å². The molecule has 14 heavy (non-hydrogen) atoms. The molecule has 0 amide bonds. The Morgan fingerprint density at radius 3 is 2.79 bits per heavy atom. The zero-order valence-electron chi connectivity index (χ0n) is 8.45. The Morgan fingerprint density at radius 2 is 2.07 bits per heavy atom. The van der Waals surface area contributed by atoms with Crippen LogP contribution in [0.25, 0.3) is 0 Å². The van der Waals surface area contributed by atoms with Crippen molar-refractivity contribution in [2.75, 3.05) is 13.7 Å². The van der Waals surface area contributed by atoms with Crippen molar-refractivity contribution in [1.29, 1.82) is 0 Å². The maximum atomic E-state index is 5.64. The van der Waals surface area contributed by atoms with E-state index in [1.165, 1.54) is 12.8 Å². The van der Waals surface area contributed by atoms with Gasteiger partial charge in [0.15, 0.2) is 0 Å². The van der Waals surface area contributed by atoms with E-state index in [9.17, 15) is 0 Å². The second kappa shape index (κ2) is 4.47. The minimum Gasteiger partial charge on any atom is -0.496 e. The molecule has 1 aromatic carbocycles. The predicted molar refractivity (Wildman–Crippen MR) is 55.1 cm³/mol. The maximum Gasteiger partial charge on any atom is 0.130 e. The standard InChI is InChI=1S/C12H15O2/c1-13-11-7-3-2-6-10(11)12-8-4-5-9-14-12/h2-3,6-7H,4-5,8-9H2,1H3. The minimum atomic E-state index is 0.841. The summed E-state index contributed by atoms with van der Waals surface area (Å²) in [7, 11) is 1.70. The van der Waals surface area contributed by atoms with Crippen molar-refractivity contribution in [2.45, 2.75) is 19.3 Å². The summed E-state index contributed by atoms with van der Waals surface area (Å²) in [5.41, 5.74) is 1.11. The van der Waals surface area contributed by atoms with E-state index >= 15 is 0 Å². The van der Waals surface area contributed by atoms with Crippen molar-refractivity contribution >= 4 is 0 Å². The van der Waals surface area contributed by atoms with Crippen LogP contribution in [0.2, 0.25) is 0 Å². The molecule has 1 aliphatic heterocycles. The summed E-state index contributed by atoms with van der Waals surface area (Å²) < 4.78 is 10.9. The fourth-order valence-corrected chi connectivity index (χ4v) is 1.74. The molecule has 0 atom stereocenters. The SMILES string of the molecule is COc1ccccc1[C]1CCCCO1. The van der Waals surface area contributed by atoms with Gasteiger partial charge in [0.05, 0.1) is 7.11 Å². The largest absolute Gasteiger partial charge is 0.496 e. The van der Waals surface area contributed by atoms with E-state index in [0.29, 0.717) is 0 Å². The Balaban J connectivity index is 2.20. The van der Waals surface area contributed by atoms with E-state index in [1.807, 2.05) is 18.2 Å². The highest BCUT2D eigenvalue weighted by molar-refractivity contribution is 5.41. The van der Waals surface area contributed by atoms with Crippen LogP contribution in [0.5, 0.6) is 5.75 Å². The lowest BCUT2D eigenvalue weighted by Gasteiger charge is -2.23. The van der Waals surface area contributed by atoms with Crippen molar-refractivity contribution in [1.82, 2.24) is 0 Å². The van der Waals surface area contributed by atoms with E-state index in [-0.39, 0.29) is 0 Å². The zero-order chi connectivity index (χ0) is 9.80. The van der Waals surface area contributed by atoms with E-state index in [0.717, 1.165) is 30.4 Å². The Bertz CT molecular complexity index is 290. The summed E-state index contributed by atoms with van der Waals surface area (Å²) in [5, 5.41) is 0. The van der Waals surface area contributed by atoms with Gasteiger partial charge in [-0.2, -0.15) is 0 Å². The Kier molecular flexibility index (Phi) is 3.04. The topological polar surface area (TPSA) is 18.5 Å². The summed E-state index contributed by atoms with van der Waals surface area (Å²) in [6, 6.07) is 8.02. The molecule has 0 bridgehead atoms. The van der Waals surface area contributed by atoms with Crippen LogP contribution < -0.4 is 4.74 Å². The lowest BCUT2D eigenvalue weighted by atomic mass is 10.0. The van der Waals surface area contributed by atoms with Crippen molar-refractivity contribution in [3.63, 3.8) is 0 Å². The number of hydrogen-bond acceptors (Lipinski definition) is 2. The first kappa shape index (κ1) is 9.53. The molecule has 1 aromatic rings. The fourth-order valence-electron chi connectivity index (χ4n) is 1.74. The van der Waals surface area contributed by atoms with Crippen molar-refractivity contribution < 1.29 is 9.47 Å². The molecular weight excluding hydrogens is 176 g/mol. The Hall–Kier alpha value is -1.02. The Labute approximate surface area is 84.8 Å². The quantitative estimate of drug-likeness (QED) is 0.715. The number of methoxy groups -OCH3 is 1. The van der Waals surface area contributed by atoms with Crippen molar-refractivity contribution in [2.24, 2.45) is 0 Å². The monoisotopic (exact) mass is 191 g/mol. The molecule has 0 unspecified atom stereocenters. The summed E-state index contributed by atoms with van der Waals surface area (Å²) in [6.07, 6.45) is 4.49. The number of rotatable bonds is 2. The summed E-state index contributed by atoms with van der Waals surface area (Å²) in [5.74, 6) is 0.907. The lowest BCUT2D eigenvalue weighted by Crippen LogP contribution is -2.13. The van der Waals surface area contributed by atoms with Gasteiger partial charge in [-0.15, -0.1) is 0 Å². The molecular formula is C12H15O2. The molecule has 2 rings (SSSR count). The van der Waals surface area contributed by atoms with E-state index in [2.05, 4.69) is 6.07 Å². The van der Waals surface area contributed by atoms with Gasteiger partial charge in [0, 0.05) is 12.2 Å². The van der Waals surface area contributed by atoms with Gasteiger partial charge in [-0.1, -0.05) is 18.2 Å². The summed E-state index contributed by atoms with van der Waals surface area (Å²) in [4.78, 5) is 0. The van der Waals surface area contributed by atoms with Crippen LogP contribution >= 0.6 is 0 Å². The second-order valence-corrected chi connectivity index (χ2v) is 3.43. The average molecular weight is 191 g/mol. The molecule has 0 aromatic heterocycles. The molecule has 1 radical (unpaired) electrons. The number of para-hydroxylation sites is 1. The Morgan fingerprint density at radius 1 is 1.21 bits per heavy atom. The fraction of sp³-hybridized carbons (Fsp3) is 0.417. The van der Waals surface area contributed by atoms with Crippen molar-refractivity contribution in [3.8, 4) is 5.75 Å². The molecule has 0 saturated carbocycles. The van der Waals surface area contributed by atoms with E-state index in [4.69, 9.17) is 9.47 Å². The first-order valence-corrected chi connectivity index (χ1v) is 5.04. The van der Waals surface area contributed by atoms with E-state index < -0.39 is 0 Å². The van der Waals surface area contributed by atoms with Gasteiger partial charge < -0.3 is 9.47 Å². The van der Waals surface area contributed by atoms with Crippen LogP contribution in [-0.2, 0) is 4.74 Å². The predicted octanol–water partition coefficient (Wildman–Crippen LogP) is 2.78. The van der Waals surface area contributed by atoms with E-state index in [1.54, 1.807) is 7.11 Å². The molecule has 0 aliphatic carbocycles. The van der Waals surface area contributed by atoms with Gasteiger partial charge in [0.2, 0.25) is 0 Å². The third-order valence-corrected chi connectivity index (χ3v) is 2.48. The lowest BCUT2D eigenvalue weighted by molar-refractivity contribution is 0.115. The van der Waals surface area contributed by atoms with Gasteiger partial charge in [0.25, 0.3) is 0 Å². The molecule has 2 nitrogen and oxygen atoms in total. The van der Waals surface area contributed by atoms with Gasteiger partial charge in [-0.05, 0) is 25.3 Å². The molecule has 1 fully saturated rings. The number of ether oxygens (including phenoxy) is 2. The first-order chi connectivity index (χ1) is 6.92.